The van der Waals surface area contributed by atoms with Crippen molar-refractivity contribution in [3.63, 3.8) is 0 Å². The number of nitrogens with two attached hydrogens (primary N) is 1. The van der Waals surface area contributed by atoms with Crippen LogP contribution in [-0.2, 0) is 14.8 Å². The Morgan fingerprint density at radius 1 is 1.24 bits per heavy atom. The lowest BCUT2D eigenvalue weighted by molar-refractivity contribution is -0.0474. The number of benzene rings is 1. The molecular weight excluding hydrogens is 400 g/mol. The number of hydrogen-bond acceptors (Lipinski definition) is 5. The molecule has 0 bridgehead atoms. The highest BCUT2D eigenvalue weighted by Crippen LogP contribution is 2.38. The molecule has 9 heteroatoms. The molecule has 162 valence electrons. The Balaban J connectivity index is 1.38. The monoisotopic (exact) mass is 429 g/mol. The molecule has 4 rings (SSSR count). The van der Waals surface area contributed by atoms with Crippen molar-refractivity contribution in [3.05, 3.63) is 35.4 Å². The van der Waals surface area contributed by atoms with E-state index in [-0.39, 0.29) is 29.3 Å². The van der Waals surface area contributed by atoms with E-state index in [1.807, 2.05) is 13.8 Å². The molecule has 3 aliphatic rings. The van der Waals surface area contributed by atoms with Crippen LogP contribution in [0.15, 0.2) is 18.2 Å². The number of hydrogen-bond donors (Lipinski definition) is 1. The zero-order valence-corrected chi connectivity index (χ0v) is 17.6. The van der Waals surface area contributed by atoms with E-state index in [4.69, 9.17) is 10.5 Å². The first-order chi connectivity index (χ1) is 13.7. The van der Waals surface area contributed by atoms with Crippen LogP contribution in [0, 0.1) is 23.5 Å². The van der Waals surface area contributed by atoms with Crippen LogP contribution in [0.2, 0.25) is 0 Å². The molecule has 5 unspecified atom stereocenters. The summed E-state index contributed by atoms with van der Waals surface area (Å²) >= 11 is 0. The maximum atomic E-state index is 14.1. The van der Waals surface area contributed by atoms with Gasteiger partial charge in [-0.05, 0) is 30.5 Å². The van der Waals surface area contributed by atoms with Crippen molar-refractivity contribution in [2.75, 3.05) is 32.0 Å². The first kappa shape index (κ1) is 21.1. The molecule has 2 N–H and O–H groups in total. The minimum atomic E-state index is -3.22. The van der Waals surface area contributed by atoms with Gasteiger partial charge in [-0.25, -0.2) is 17.2 Å². The fraction of sp³-hybridized carbons (Fsp3) is 0.700. The third-order valence-corrected chi connectivity index (χ3v) is 8.52. The van der Waals surface area contributed by atoms with Crippen molar-refractivity contribution in [3.8, 4) is 0 Å². The van der Waals surface area contributed by atoms with Crippen LogP contribution in [0.25, 0.3) is 0 Å². The molecule has 5 atom stereocenters. The second-order valence-electron chi connectivity index (χ2n) is 9.00. The summed E-state index contributed by atoms with van der Waals surface area (Å²) in [7, 11) is -3.22. The Bertz CT molecular complexity index is 867. The Kier molecular flexibility index (Phi) is 5.71. The van der Waals surface area contributed by atoms with Crippen LogP contribution in [0.4, 0.5) is 8.78 Å². The molecule has 0 aliphatic carbocycles. The van der Waals surface area contributed by atoms with Crippen LogP contribution < -0.4 is 5.73 Å². The highest BCUT2D eigenvalue weighted by Gasteiger charge is 2.52. The smallest absolute Gasteiger partial charge is 0.214 e. The predicted molar refractivity (Wildman–Crippen MR) is 106 cm³/mol. The van der Waals surface area contributed by atoms with Crippen molar-refractivity contribution in [2.45, 2.75) is 44.5 Å². The van der Waals surface area contributed by atoms with Crippen molar-refractivity contribution in [1.82, 2.24) is 9.21 Å². The highest BCUT2D eigenvalue weighted by atomic mass is 32.2. The topological polar surface area (TPSA) is 75.9 Å². The van der Waals surface area contributed by atoms with E-state index in [1.165, 1.54) is 0 Å². The summed E-state index contributed by atoms with van der Waals surface area (Å²) < 4.78 is 60.3. The summed E-state index contributed by atoms with van der Waals surface area (Å²) in [6.07, 6.45) is -0.0806. The van der Waals surface area contributed by atoms with Gasteiger partial charge >= 0.3 is 0 Å². The standard InChI is InChI=1S/C20H29F2N3O3S/c1-12(2)11-29(26,27)25-8-13-7-24(9-19(13)25)15-6-18(23)20(28-10-15)16-5-14(21)3-4-17(16)22/h3-5,12-13,15,18-20H,6-11,23H2,1-2H3. The van der Waals surface area contributed by atoms with Gasteiger partial charge in [0.1, 0.15) is 17.7 Å². The van der Waals surface area contributed by atoms with E-state index in [0.717, 1.165) is 24.7 Å². The van der Waals surface area contributed by atoms with Crippen molar-refractivity contribution in [1.29, 1.82) is 0 Å². The molecule has 29 heavy (non-hydrogen) atoms. The number of rotatable bonds is 5. The Morgan fingerprint density at radius 3 is 2.69 bits per heavy atom. The van der Waals surface area contributed by atoms with Gasteiger partial charge in [-0.1, -0.05) is 13.8 Å². The largest absolute Gasteiger partial charge is 0.370 e. The Hall–Kier alpha value is -1.13. The van der Waals surface area contributed by atoms with E-state index in [0.29, 0.717) is 32.0 Å². The maximum absolute atomic E-state index is 14.1. The van der Waals surface area contributed by atoms with Crippen molar-refractivity contribution < 1.29 is 21.9 Å². The molecule has 6 nitrogen and oxygen atoms in total. The van der Waals surface area contributed by atoms with Gasteiger partial charge in [-0.3, -0.25) is 4.90 Å². The SMILES string of the molecule is CC(C)CS(=O)(=O)N1CC2CN(C3COC(c4cc(F)ccc4F)C(N)C3)CC21. The number of fused-ring (bicyclic) bond motifs is 1. The predicted octanol–water partition coefficient (Wildman–Crippen LogP) is 1.72. The molecule has 0 amide bonds. The second kappa shape index (κ2) is 7.85. The van der Waals surface area contributed by atoms with Gasteiger partial charge < -0.3 is 10.5 Å². The molecular formula is C20H29F2N3O3S. The fourth-order valence-corrected chi connectivity index (χ4v) is 7.01. The van der Waals surface area contributed by atoms with Crippen molar-refractivity contribution in [2.24, 2.45) is 17.6 Å². The van der Waals surface area contributed by atoms with Crippen molar-refractivity contribution >= 4 is 10.0 Å². The molecule has 3 aliphatic heterocycles. The number of ether oxygens (including phenoxy) is 1. The average Bonchev–Trinajstić information content (AvgIpc) is 2.92. The summed E-state index contributed by atoms with van der Waals surface area (Å²) in [5.74, 6) is -0.421. The van der Waals surface area contributed by atoms with E-state index in [2.05, 4.69) is 4.90 Å². The van der Waals surface area contributed by atoms with E-state index in [9.17, 15) is 17.2 Å². The van der Waals surface area contributed by atoms with Gasteiger partial charge in [0.15, 0.2) is 0 Å². The van der Waals surface area contributed by atoms with Crippen LogP contribution in [0.3, 0.4) is 0 Å². The van der Waals surface area contributed by atoms with Crippen LogP contribution in [0.5, 0.6) is 0 Å². The Labute approximate surface area is 171 Å². The zero-order chi connectivity index (χ0) is 20.9. The molecule has 1 aromatic rings. The lowest BCUT2D eigenvalue weighted by Crippen LogP contribution is -2.58. The molecule has 0 radical (unpaired) electrons. The minimum Gasteiger partial charge on any atom is -0.370 e. The van der Waals surface area contributed by atoms with Gasteiger partial charge in [-0.15, -0.1) is 0 Å². The van der Waals surface area contributed by atoms with Gasteiger partial charge in [0.2, 0.25) is 10.0 Å². The highest BCUT2D eigenvalue weighted by molar-refractivity contribution is 7.89. The number of halogens is 2. The summed E-state index contributed by atoms with van der Waals surface area (Å²) in [6.45, 7) is 6.25. The van der Waals surface area contributed by atoms with Crippen LogP contribution >= 0.6 is 0 Å². The van der Waals surface area contributed by atoms with Crippen LogP contribution in [0.1, 0.15) is 31.9 Å². The summed E-state index contributed by atoms with van der Waals surface area (Å²) in [5.41, 5.74) is 6.43. The van der Waals surface area contributed by atoms with Gasteiger partial charge in [0, 0.05) is 49.2 Å². The normalized spacial score (nSPS) is 33.7. The lowest BCUT2D eigenvalue weighted by Gasteiger charge is -2.42. The summed E-state index contributed by atoms with van der Waals surface area (Å²) in [6, 6.07) is 2.94. The molecule has 0 aromatic heterocycles. The number of nitrogens with zero attached hydrogens (tertiary/aromatic N) is 2. The van der Waals surface area contributed by atoms with E-state index in [1.54, 1.807) is 4.31 Å². The van der Waals surface area contributed by atoms with Gasteiger partial charge in [0.25, 0.3) is 0 Å². The fourth-order valence-electron chi connectivity index (χ4n) is 4.91. The van der Waals surface area contributed by atoms with Gasteiger partial charge in [-0.2, -0.15) is 4.31 Å². The molecule has 3 fully saturated rings. The zero-order valence-electron chi connectivity index (χ0n) is 16.8. The minimum absolute atomic E-state index is 0.0216. The summed E-state index contributed by atoms with van der Waals surface area (Å²) in [4.78, 5) is 2.25. The van der Waals surface area contributed by atoms with E-state index < -0.39 is 33.8 Å². The third-order valence-electron chi connectivity index (χ3n) is 6.30. The van der Waals surface area contributed by atoms with Gasteiger partial charge in [0.05, 0.1) is 12.4 Å². The molecule has 0 spiro atoms. The first-order valence-corrected chi connectivity index (χ1v) is 11.8. The quantitative estimate of drug-likeness (QED) is 0.772. The third kappa shape index (κ3) is 4.07. The molecule has 1 aromatic carbocycles. The molecule has 3 saturated heterocycles. The van der Waals surface area contributed by atoms with Crippen LogP contribution in [-0.4, -0.2) is 67.7 Å². The number of sulfonamides is 1. The molecule has 0 saturated carbocycles. The average molecular weight is 430 g/mol. The second-order valence-corrected chi connectivity index (χ2v) is 11.0. The first-order valence-electron chi connectivity index (χ1n) is 10.2. The number of likely N-dealkylation sites (tertiary alicyclic amines) is 1. The lowest BCUT2D eigenvalue weighted by atomic mass is 9.93. The maximum Gasteiger partial charge on any atom is 0.214 e. The molecule has 3 heterocycles. The van der Waals surface area contributed by atoms with E-state index >= 15 is 0 Å². The summed E-state index contributed by atoms with van der Waals surface area (Å²) in [5, 5.41) is 0. The Morgan fingerprint density at radius 2 is 2.00 bits per heavy atom.